The highest BCUT2D eigenvalue weighted by molar-refractivity contribution is 5.77. The summed E-state index contributed by atoms with van der Waals surface area (Å²) in [5, 5.41) is 13.1. The van der Waals surface area contributed by atoms with Crippen LogP contribution in [0.1, 0.15) is 12.0 Å². The average Bonchev–Trinajstić information content (AvgIpc) is 2.56. The quantitative estimate of drug-likeness (QED) is 0.734. The Hall–Kier alpha value is -1.36. The number of nitrogens with zero attached hydrogens (tertiary/aromatic N) is 3. The Balaban J connectivity index is 1.76. The molecule has 82 valence electrons. The van der Waals surface area contributed by atoms with Gasteiger partial charge in [0, 0.05) is 32.8 Å². The summed E-state index contributed by atoms with van der Waals surface area (Å²) in [5.74, 6) is 0.115. The molecule has 0 unspecified atom stereocenters. The molecule has 1 aliphatic heterocycles. The van der Waals surface area contributed by atoms with Crippen molar-refractivity contribution in [3.63, 3.8) is 0 Å². The number of hydrogen-bond acceptors (Lipinski definition) is 3. The van der Waals surface area contributed by atoms with Gasteiger partial charge < -0.3 is 10.0 Å². The van der Waals surface area contributed by atoms with Crippen LogP contribution in [0, 0.1) is 0 Å². The highest BCUT2D eigenvalue weighted by atomic mass is 16.3. The van der Waals surface area contributed by atoms with Gasteiger partial charge in [0.2, 0.25) is 5.91 Å². The molecule has 1 aromatic heterocycles. The van der Waals surface area contributed by atoms with Gasteiger partial charge in [0.25, 0.3) is 0 Å². The predicted octanol–water partition coefficient (Wildman–Crippen LogP) is -0.444. The first-order chi connectivity index (χ1) is 7.15. The minimum Gasteiger partial charge on any atom is -0.389 e. The summed E-state index contributed by atoms with van der Waals surface area (Å²) in [5.41, 5.74) is 1.08. The predicted molar refractivity (Wildman–Crippen MR) is 54.1 cm³/mol. The Morgan fingerprint density at radius 3 is 2.93 bits per heavy atom. The first-order valence-corrected chi connectivity index (χ1v) is 5.08. The third-order valence-electron chi connectivity index (χ3n) is 2.60. The molecule has 1 aromatic rings. The number of rotatable bonds is 3. The normalized spacial score (nSPS) is 16.5. The third-order valence-corrected chi connectivity index (χ3v) is 2.60. The van der Waals surface area contributed by atoms with Gasteiger partial charge in [-0.05, 0) is 12.0 Å². The SMILES string of the molecule is Cn1cc(CCC(=O)N2CC(O)C2)cn1. The van der Waals surface area contributed by atoms with Gasteiger partial charge in [-0.3, -0.25) is 9.48 Å². The van der Waals surface area contributed by atoms with Crippen LogP contribution in [0.3, 0.4) is 0 Å². The zero-order valence-electron chi connectivity index (χ0n) is 8.76. The van der Waals surface area contributed by atoms with Gasteiger partial charge in [-0.1, -0.05) is 0 Å². The van der Waals surface area contributed by atoms with Gasteiger partial charge in [-0.2, -0.15) is 5.10 Å². The van der Waals surface area contributed by atoms with Crippen molar-refractivity contribution in [3.05, 3.63) is 18.0 Å². The molecule has 1 aliphatic rings. The van der Waals surface area contributed by atoms with E-state index >= 15 is 0 Å². The molecule has 1 N–H and O–H groups in total. The third kappa shape index (κ3) is 2.36. The summed E-state index contributed by atoms with van der Waals surface area (Å²) in [4.78, 5) is 13.2. The lowest BCUT2D eigenvalue weighted by molar-refractivity contribution is -0.141. The van der Waals surface area contributed by atoms with Crippen LogP contribution in [0.2, 0.25) is 0 Å². The van der Waals surface area contributed by atoms with E-state index in [0.717, 1.165) is 12.0 Å². The molecule has 0 saturated carbocycles. The fourth-order valence-corrected chi connectivity index (χ4v) is 1.67. The van der Waals surface area contributed by atoms with E-state index in [0.29, 0.717) is 19.5 Å². The van der Waals surface area contributed by atoms with Gasteiger partial charge in [-0.15, -0.1) is 0 Å². The average molecular weight is 209 g/mol. The minimum absolute atomic E-state index is 0.115. The Bertz CT molecular complexity index is 355. The molecule has 2 heterocycles. The van der Waals surface area contributed by atoms with Crippen molar-refractivity contribution < 1.29 is 9.90 Å². The number of amides is 1. The van der Waals surface area contributed by atoms with Crippen molar-refractivity contribution in [3.8, 4) is 0 Å². The van der Waals surface area contributed by atoms with Crippen molar-refractivity contribution in [2.75, 3.05) is 13.1 Å². The number of hydrogen-bond donors (Lipinski definition) is 1. The van der Waals surface area contributed by atoms with E-state index in [1.165, 1.54) is 0 Å². The van der Waals surface area contributed by atoms with E-state index < -0.39 is 0 Å². The second kappa shape index (κ2) is 4.02. The molecule has 0 bridgehead atoms. The molecule has 5 heteroatoms. The van der Waals surface area contributed by atoms with Gasteiger partial charge in [0.05, 0.1) is 12.3 Å². The molecule has 0 aromatic carbocycles. The van der Waals surface area contributed by atoms with Crippen molar-refractivity contribution >= 4 is 5.91 Å². The van der Waals surface area contributed by atoms with Crippen LogP contribution in [0.25, 0.3) is 0 Å². The summed E-state index contributed by atoms with van der Waals surface area (Å²) < 4.78 is 1.73. The first-order valence-electron chi connectivity index (χ1n) is 5.08. The fraction of sp³-hybridized carbons (Fsp3) is 0.600. The molecule has 0 spiro atoms. The van der Waals surface area contributed by atoms with Crippen LogP contribution in [-0.2, 0) is 18.3 Å². The van der Waals surface area contributed by atoms with E-state index in [2.05, 4.69) is 5.10 Å². The Morgan fingerprint density at radius 1 is 1.67 bits per heavy atom. The molecular weight excluding hydrogens is 194 g/mol. The molecule has 1 fully saturated rings. The highest BCUT2D eigenvalue weighted by Gasteiger charge is 2.28. The zero-order valence-corrected chi connectivity index (χ0v) is 8.76. The molecular formula is C10H15N3O2. The van der Waals surface area contributed by atoms with Crippen molar-refractivity contribution in [1.29, 1.82) is 0 Å². The molecule has 0 radical (unpaired) electrons. The van der Waals surface area contributed by atoms with Crippen LogP contribution in [0.15, 0.2) is 12.4 Å². The number of carbonyl (C=O) groups excluding carboxylic acids is 1. The zero-order chi connectivity index (χ0) is 10.8. The molecule has 1 amide bonds. The summed E-state index contributed by atoms with van der Waals surface area (Å²) in [6, 6.07) is 0. The number of β-amino-alcohol motifs (C(OH)–C–C–N with tert-alkyl or cyclic N) is 1. The monoisotopic (exact) mass is 209 g/mol. The summed E-state index contributed by atoms with van der Waals surface area (Å²) in [6.07, 6.45) is 4.60. The number of aliphatic hydroxyl groups is 1. The molecule has 0 atom stereocenters. The topological polar surface area (TPSA) is 58.4 Å². The molecule has 15 heavy (non-hydrogen) atoms. The van der Waals surface area contributed by atoms with E-state index in [1.807, 2.05) is 13.2 Å². The van der Waals surface area contributed by atoms with Crippen LogP contribution in [0.5, 0.6) is 0 Å². The van der Waals surface area contributed by atoms with Crippen molar-refractivity contribution in [2.45, 2.75) is 18.9 Å². The maximum atomic E-state index is 11.5. The minimum atomic E-state index is -0.313. The highest BCUT2D eigenvalue weighted by Crippen LogP contribution is 2.10. The number of aromatic nitrogens is 2. The van der Waals surface area contributed by atoms with E-state index in [-0.39, 0.29) is 12.0 Å². The Kier molecular flexibility index (Phi) is 2.73. The van der Waals surface area contributed by atoms with E-state index in [9.17, 15) is 4.79 Å². The standard InChI is InChI=1S/C10H15N3O2/c1-12-5-8(4-11-12)2-3-10(15)13-6-9(14)7-13/h4-5,9,14H,2-3,6-7H2,1H3. The Morgan fingerprint density at radius 2 is 2.40 bits per heavy atom. The number of likely N-dealkylation sites (tertiary alicyclic amines) is 1. The second-order valence-corrected chi connectivity index (χ2v) is 3.97. The van der Waals surface area contributed by atoms with Crippen LogP contribution in [-0.4, -0.2) is 44.9 Å². The van der Waals surface area contributed by atoms with Crippen molar-refractivity contribution in [1.82, 2.24) is 14.7 Å². The molecule has 5 nitrogen and oxygen atoms in total. The molecule has 1 saturated heterocycles. The number of carbonyl (C=O) groups is 1. The van der Waals surface area contributed by atoms with Gasteiger partial charge in [0.15, 0.2) is 0 Å². The Labute approximate surface area is 88.3 Å². The second-order valence-electron chi connectivity index (χ2n) is 3.97. The van der Waals surface area contributed by atoms with Crippen LogP contribution < -0.4 is 0 Å². The van der Waals surface area contributed by atoms with Gasteiger partial charge in [0.1, 0.15) is 0 Å². The number of aryl methyl sites for hydroxylation is 2. The first kappa shape index (κ1) is 10.2. The number of aliphatic hydroxyl groups excluding tert-OH is 1. The van der Waals surface area contributed by atoms with Crippen LogP contribution in [0.4, 0.5) is 0 Å². The lowest BCUT2D eigenvalue weighted by atomic mass is 10.1. The lowest BCUT2D eigenvalue weighted by Gasteiger charge is -2.35. The molecule has 2 rings (SSSR count). The fourth-order valence-electron chi connectivity index (χ4n) is 1.67. The summed E-state index contributed by atoms with van der Waals surface area (Å²) >= 11 is 0. The largest absolute Gasteiger partial charge is 0.389 e. The van der Waals surface area contributed by atoms with Crippen molar-refractivity contribution in [2.24, 2.45) is 7.05 Å². The smallest absolute Gasteiger partial charge is 0.223 e. The van der Waals surface area contributed by atoms with Gasteiger partial charge in [-0.25, -0.2) is 0 Å². The summed E-state index contributed by atoms with van der Waals surface area (Å²) in [7, 11) is 1.86. The summed E-state index contributed by atoms with van der Waals surface area (Å²) in [6.45, 7) is 0.984. The lowest BCUT2D eigenvalue weighted by Crippen LogP contribution is -2.53. The van der Waals surface area contributed by atoms with E-state index in [1.54, 1.807) is 15.8 Å². The van der Waals surface area contributed by atoms with E-state index in [4.69, 9.17) is 5.11 Å². The maximum Gasteiger partial charge on any atom is 0.223 e. The molecule has 0 aliphatic carbocycles. The van der Waals surface area contributed by atoms with Gasteiger partial charge >= 0.3 is 0 Å². The maximum absolute atomic E-state index is 11.5. The van der Waals surface area contributed by atoms with Crippen LogP contribution >= 0.6 is 0 Å².